The van der Waals surface area contributed by atoms with Gasteiger partial charge < -0.3 is 4.90 Å². The highest BCUT2D eigenvalue weighted by molar-refractivity contribution is 14.1. The van der Waals surface area contributed by atoms with Crippen LogP contribution in [0.25, 0.3) is 0 Å². The molecule has 0 N–H and O–H groups in total. The lowest BCUT2D eigenvalue weighted by molar-refractivity contribution is 0.330. The normalized spacial score (nSPS) is 10.8. The molecule has 18 heavy (non-hydrogen) atoms. The Labute approximate surface area is 123 Å². The van der Waals surface area contributed by atoms with Gasteiger partial charge in [-0.1, -0.05) is 48.5 Å². The lowest BCUT2D eigenvalue weighted by atomic mass is 10.1. The zero-order valence-electron chi connectivity index (χ0n) is 10.6. The van der Waals surface area contributed by atoms with Crippen molar-refractivity contribution in [1.82, 2.24) is 4.90 Å². The molecule has 0 amide bonds. The number of hydrogen-bond donors (Lipinski definition) is 0. The summed E-state index contributed by atoms with van der Waals surface area (Å²) in [6, 6.07) is 19.3. The van der Waals surface area contributed by atoms with Crippen molar-refractivity contribution in [2.75, 3.05) is 13.6 Å². The fourth-order valence-corrected chi connectivity index (χ4v) is 2.52. The number of halogens is 1. The van der Waals surface area contributed by atoms with Crippen molar-refractivity contribution in [3.05, 3.63) is 69.3 Å². The van der Waals surface area contributed by atoms with Crippen LogP contribution in [0.2, 0.25) is 0 Å². The van der Waals surface area contributed by atoms with Crippen LogP contribution in [0.1, 0.15) is 11.1 Å². The number of nitrogens with zero attached hydrogens (tertiary/aromatic N) is 1. The van der Waals surface area contributed by atoms with E-state index in [9.17, 15) is 0 Å². The van der Waals surface area contributed by atoms with E-state index in [2.05, 4.69) is 89.1 Å². The van der Waals surface area contributed by atoms with E-state index in [0.29, 0.717) is 0 Å². The van der Waals surface area contributed by atoms with Gasteiger partial charge in [-0.2, -0.15) is 0 Å². The molecule has 0 heterocycles. The van der Waals surface area contributed by atoms with Gasteiger partial charge in [0, 0.05) is 16.7 Å². The van der Waals surface area contributed by atoms with Crippen molar-refractivity contribution < 1.29 is 0 Å². The Morgan fingerprint density at radius 1 is 0.944 bits per heavy atom. The smallest absolute Gasteiger partial charge is 0.0241 e. The standard InChI is InChI=1S/C16H18IN/c1-18(12-11-14-7-3-2-4-8-14)13-15-9-5-6-10-16(15)17/h2-10H,11-13H2,1H3. The van der Waals surface area contributed by atoms with Crippen LogP contribution in [0, 0.1) is 3.57 Å². The molecule has 0 saturated carbocycles. The molecule has 94 valence electrons. The Balaban J connectivity index is 1.86. The van der Waals surface area contributed by atoms with Crippen molar-refractivity contribution in [3.8, 4) is 0 Å². The molecular formula is C16H18IN. The molecular weight excluding hydrogens is 333 g/mol. The first kappa shape index (κ1) is 13.6. The third kappa shape index (κ3) is 4.10. The molecule has 0 aromatic heterocycles. The second-order valence-corrected chi connectivity index (χ2v) is 5.73. The highest BCUT2D eigenvalue weighted by Crippen LogP contribution is 2.13. The summed E-state index contributed by atoms with van der Waals surface area (Å²) in [6.45, 7) is 2.11. The van der Waals surface area contributed by atoms with Crippen molar-refractivity contribution in [2.24, 2.45) is 0 Å². The van der Waals surface area contributed by atoms with Gasteiger partial charge in [0.1, 0.15) is 0 Å². The largest absolute Gasteiger partial charge is 0.302 e. The quantitative estimate of drug-likeness (QED) is 0.737. The minimum atomic E-state index is 1.02. The van der Waals surface area contributed by atoms with Gasteiger partial charge in [0.2, 0.25) is 0 Å². The van der Waals surface area contributed by atoms with Crippen molar-refractivity contribution in [1.29, 1.82) is 0 Å². The predicted molar refractivity (Wildman–Crippen MR) is 85.6 cm³/mol. The SMILES string of the molecule is CN(CCc1ccccc1)Cc1ccccc1I. The summed E-state index contributed by atoms with van der Waals surface area (Å²) in [4.78, 5) is 2.38. The Morgan fingerprint density at radius 3 is 2.33 bits per heavy atom. The average molecular weight is 351 g/mol. The maximum atomic E-state index is 2.41. The molecule has 0 fully saturated rings. The van der Waals surface area contributed by atoms with Crippen molar-refractivity contribution >= 4 is 22.6 Å². The van der Waals surface area contributed by atoms with Crippen molar-refractivity contribution in [2.45, 2.75) is 13.0 Å². The maximum absolute atomic E-state index is 2.41. The predicted octanol–water partition coefficient (Wildman–Crippen LogP) is 3.97. The van der Waals surface area contributed by atoms with Crippen LogP contribution in [0.4, 0.5) is 0 Å². The molecule has 0 aliphatic heterocycles. The molecule has 0 unspecified atom stereocenters. The second-order valence-electron chi connectivity index (χ2n) is 4.56. The third-order valence-electron chi connectivity index (χ3n) is 3.02. The van der Waals surface area contributed by atoms with Crippen LogP contribution < -0.4 is 0 Å². The van der Waals surface area contributed by atoms with E-state index in [4.69, 9.17) is 0 Å². The summed E-state index contributed by atoms with van der Waals surface area (Å²) in [7, 11) is 2.19. The van der Waals surface area contributed by atoms with E-state index in [1.807, 2.05) is 0 Å². The van der Waals surface area contributed by atoms with E-state index >= 15 is 0 Å². The minimum Gasteiger partial charge on any atom is -0.302 e. The molecule has 2 rings (SSSR count). The van der Waals surface area contributed by atoms with Gasteiger partial charge in [-0.05, 0) is 53.3 Å². The summed E-state index contributed by atoms with van der Waals surface area (Å²) in [5.74, 6) is 0. The average Bonchev–Trinajstić information content (AvgIpc) is 2.40. The van der Waals surface area contributed by atoms with E-state index in [1.54, 1.807) is 0 Å². The first-order valence-electron chi connectivity index (χ1n) is 6.21. The lowest BCUT2D eigenvalue weighted by Gasteiger charge is -2.17. The summed E-state index contributed by atoms with van der Waals surface area (Å²) >= 11 is 2.41. The van der Waals surface area contributed by atoms with Gasteiger partial charge in [0.05, 0.1) is 0 Å². The Hall–Kier alpha value is -0.870. The maximum Gasteiger partial charge on any atom is 0.0241 e. The molecule has 0 saturated heterocycles. The Bertz CT molecular complexity index is 481. The monoisotopic (exact) mass is 351 g/mol. The zero-order valence-corrected chi connectivity index (χ0v) is 12.8. The van der Waals surface area contributed by atoms with E-state index in [-0.39, 0.29) is 0 Å². The van der Waals surface area contributed by atoms with Gasteiger partial charge in [0.25, 0.3) is 0 Å². The number of rotatable bonds is 5. The number of hydrogen-bond acceptors (Lipinski definition) is 1. The molecule has 0 aliphatic carbocycles. The first-order valence-corrected chi connectivity index (χ1v) is 7.29. The molecule has 1 nitrogen and oxygen atoms in total. The van der Waals surface area contributed by atoms with Gasteiger partial charge in [0.15, 0.2) is 0 Å². The second kappa shape index (κ2) is 6.90. The van der Waals surface area contributed by atoms with Crippen LogP contribution in [-0.2, 0) is 13.0 Å². The van der Waals surface area contributed by atoms with Crippen LogP contribution in [0.15, 0.2) is 54.6 Å². The summed E-state index contributed by atoms with van der Waals surface area (Å²) in [6.07, 6.45) is 1.11. The summed E-state index contributed by atoms with van der Waals surface area (Å²) < 4.78 is 1.35. The van der Waals surface area contributed by atoms with E-state index in [0.717, 1.165) is 19.5 Å². The Morgan fingerprint density at radius 2 is 1.61 bits per heavy atom. The number of likely N-dealkylation sites (N-methyl/N-ethyl adjacent to an activating group) is 1. The Kier molecular flexibility index (Phi) is 5.20. The fourth-order valence-electron chi connectivity index (χ4n) is 1.96. The lowest BCUT2D eigenvalue weighted by Crippen LogP contribution is -2.21. The van der Waals surface area contributed by atoms with Crippen LogP contribution in [0.3, 0.4) is 0 Å². The molecule has 2 aromatic rings. The van der Waals surface area contributed by atoms with Gasteiger partial charge >= 0.3 is 0 Å². The number of benzene rings is 2. The molecule has 2 heteroatoms. The molecule has 0 bridgehead atoms. The molecule has 0 atom stereocenters. The fraction of sp³-hybridized carbons (Fsp3) is 0.250. The van der Waals surface area contributed by atoms with Crippen molar-refractivity contribution in [3.63, 3.8) is 0 Å². The minimum absolute atomic E-state index is 1.02. The summed E-state index contributed by atoms with van der Waals surface area (Å²) in [5, 5.41) is 0. The highest BCUT2D eigenvalue weighted by Gasteiger charge is 2.03. The van der Waals surface area contributed by atoms with E-state index < -0.39 is 0 Å². The van der Waals surface area contributed by atoms with Gasteiger partial charge in [-0.15, -0.1) is 0 Å². The molecule has 0 aliphatic rings. The van der Waals surface area contributed by atoms with Gasteiger partial charge in [-0.25, -0.2) is 0 Å². The zero-order chi connectivity index (χ0) is 12.8. The molecule has 0 radical (unpaired) electrons. The summed E-state index contributed by atoms with van der Waals surface area (Å²) in [5.41, 5.74) is 2.82. The van der Waals surface area contributed by atoms with Crippen LogP contribution >= 0.6 is 22.6 Å². The first-order chi connectivity index (χ1) is 8.75. The third-order valence-corrected chi connectivity index (χ3v) is 4.08. The van der Waals surface area contributed by atoms with Crippen LogP contribution in [-0.4, -0.2) is 18.5 Å². The van der Waals surface area contributed by atoms with Gasteiger partial charge in [-0.3, -0.25) is 0 Å². The topological polar surface area (TPSA) is 3.24 Å². The molecule has 0 spiro atoms. The molecule has 2 aromatic carbocycles. The van der Waals surface area contributed by atoms with Crippen LogP contribution in [0.5, 0.6) is 0 Å². The highest BCUT2D eigenvalue weighted by atomic mass is 127. The van der Waals surface area contributed by atoms with E-state index in [1.165, 1.54) is 14.7 Å².